The van der Waals surface area contributed by atoms with Gasteiger partial charge in [0.25, 0.3) is 5.91 Å². The first kappa shape index (κ1) is 26.9. The molecule has 6 N–H and O–H groups in total. The first-order valence-electron chi connectivity index (χ1n) is 11.8. The summed E-state index contributed by atoms with van der Waals surface area (Å²) in [6.45, 7) is 9.37. The molecule has 4 atom stereocenters. The molecule has 9 nitrogen and oxygen atoms in total. The minimum absolute atomic E-state index is 0.00173. The van der Waals surface area contributed by atoms with Crippen LogP contribution in [0, 0.1) is 11.8 Å². The lowest BCUT2D eigenvalue weighted by Gasteiger charge is -2.50. The maximum atomic E-state index is 13.9. The van der Waals surface area contributed by atoms with E-state index in [2.05, 4.69) is 6.58 Å². The number of rotatable bonds is 3. The van der Waals surface area contributed by atoms with Gasteiger partial charge in [0, 0.05) is 22.1 Å². The third kappa shape index (κ3) is 3.63. The lowest BCUT2D eigenvalue weighted by atomic mass is 9.58. The highest BCUT2D eigenvalue weighted by atomic mass is 35.5. The number of aromatic hydroxyl groups is 1. The number of ketones is 2. The van der Waals surface area contributed by atoms with Gasteiger partial charge >= 0.3 is 0 Å². The molecule has 0 radical (unpaired) electrons. The van der Waals surface area contributed by atoms with Crippen LogP contribution in [0.1, 0.15) is 54.2 Å². The molecule has 0 aliphatic heterocycles. The molecule has 1 aromatic carbocycles. The number of hydrogen-bond acceptors (Lipinski definition) is 8. The number of Topliss-reactive ketones (excluding diaryl/α,β-unsaturated/α-hetero) is 2. The molecule has 0 aromatic heterocycles. The van der Waals surface area contributed by atoms with Crippen LogP contribution in [0.5, 0.6) is 5.75 Å². The lowest BCUT2D eigenvalue weighted by Crippen LogP contribution is -2.63. The fraction of sp³-hybridized carbons (Fsp3) is 0.444. The van der Waals surface area contributed by atoms with Crippen molar-refractivity contribution >= 4 is 34.1 Å². The number of primary amides is 1. The molecule has 198 valence electrons. The van der Waals surface area contributed by atoms with E-state index in [1.807, 2.05) is 20.8 Å². The van der Waals surface area contributed by atoms with E-state index in [0.717, 1.165) is 0 Å². The van der Waals surface area contributed by atoms with E-state index >= 15 is 0 Å². The molecular formula is C27H31ClN2O7. The normalized spacial score (nSPS) is 27.7. The van der Waals surface area contributed by atoms with Gasteiger partial charge in [-0.1, -0.05) is 39.0 Å². The summed E-state index contributed by atoms with van der Waals surface area (Å²) in [5.41, 5.74) is 2.33. The summed E-state index contributed by atoms with van der Waals surface area (Å²) in [7, 11) is 3.16. The molecule has 1 amide bonds. The number of nitrogens with two attached hydrogens (primary N) is 1. The van der Waals surface area contributed by atoms with E-state index in [1.165, 1.54) is 4.90 Å². The average Bonchev–Trinajstić information content (AvgIpc) is 2.74. The second-order valence-electron chi connectivity index (χ2n) is 11.3. The van der Waals surface area contributed by atoms with Crippen molar-refractivity contribution in [2.24, 2.45) is 17.6 Å². The molecule has 3 aliphatic carbocycles. The number of aliphatic hydroxyl groups is 3. The van der Waals surface area contributed by atoms with Gasteiger partial charge in [-0.3, -0.25) is 19.3 Å². The number of phenolic OH excluding ortho intramolecular Hbond substituents is 1. The number of phenols is 1. The Morgan fingerprint density at radius 3 is 2.30 bits per heavy atom. The first-order valence-corrected chi connectivity index (χ1v) is 12.2. The average molecular weight is 531 g/mol. The van der Waals surface area contributed by atoms with Gasteiger partial charge in [-0.2, -0.15) is 0 Å². The molecule has 0 fully saturated rings. The molecule has 0 saturated heterocycles. The highest BCUT2D eigenvalue weighted by molar-refractivity contribution is 6.48. The number of benzene rings is 1. The van der Waals surface area contributed by atoms with Crippen LogP contribution < -0.4 is 5.73 Å². The largest absolute Gasteiger partial charge is 0.510 e. The highest BCUT2D eigenvalue weighted by Crippen LogP contribution is 2.53. The maximum Gasteiger partial charge on any atom is 0.255 e. The Morgan fingerprint density at radius 2 is 1.81 bits per heavy atom. The van der Waals surface area contributed by atoms with Crippen molar-refractivity contribution in [2.75, 3.05) is 14.1 Å². The number of fused-ring (bicyclic) bond motifs is 3. The van der Waals surface area contributed by atoms with E-state index in [-0.39, 0.29) is 34.8 Å². The minimum Gasteiger partial charge on any atom is -0.510 e. The van der Waals surface area contributed by atoms with E-state index in [1.54, 1.807) is 20.2 Å². The van der Waals surface area contributed by atoms with Crippen LogP contribution in [-0.4, -0.2) is 68.5 Å². The van der Waals surface area contributed by atoms with Gasteiger partial charge < -0.3 is 26.2 Å². The molecule has 10 heteroatoms. The monoisotopic (exact) mass is 530 g/mol. The van der Waals surface area contributed by atoms with Crippen LogP contribution in [0.3, 0.4) is 0 Å². The number of likely N-dealkylation sites (N-methyl/N-ethyl adjacent to an activating group) is 1. The predicted octanol–water partition coefficient (Wildman–Crippen LogP) is 2.63. The zero-order chi connectivity index (χ0) is 27.9. The molecule has 4 rings (SSSR count). The number of carbonyl (C=O) groups excluding carboxylic acids is 3. The quantitative estimate of drug-likeness (QED) is 0.372. The van der Waals surface area contributed by atoms with Crippen LogP contribution in [0.2, 0.25) is 0 Å². The summed E-state index contributed by atoms with van der Waals surface area (Å²) in [4.78, 5) is 40.9. The number of amides is 1. The Hall–Kier alpha value is -3.14. The van der Waals surface area contributed by atoms with E-state index in [0.29, 0.717) is 16.7 Å². The van der Waals surface area contributed by atoms with Gasteiger partial charge in [0.05, 0.1) is 11.6 Å². The first-order chi connectivity index (χ1) is 17.0. The molecule has 3 aliphatic rings. The summed E-state index contributed by atoms with van der Waals surface area (Å²) in [6.07, 6.45) is 0.148. The van der Waals surface area contributed by atoms with Crippen LogP contribution >= 0.6 is 11.6 Å². The standard InChI is InChI=1S/C27H31ClN2O7/c1-10(28)12-9-15(26(2,3)4)20(31)17-13(12)7-11-8-14-19(30(5)6)22(33)18(25(29)36)24(35)27(14,37)23(34)16(11)21(17)32/h9,11,14,19,31,33-34,37H,1,7-8H2,2-6H3,(H2,29,36)/t11-,14-,19-,27-/m0/s1. The van der Waals surface area contributed by atoms with Crippen LogP contribution in [0.25, 0.3) is 5.03 Å². The zero-order valence-electron chi connectivity index (χ0n) is 21.3. The topological polar surface area (TPSA) is 161 Å². The van der Waals surface area contributed by atoms with Crippen molar-refractivity contribution in [1.29, 1.82) is 0 Å². The van der Waals surface area contributed by atoms with Gasteiger partial charge in [0.15, 0.2) is 11.4 Å². The molecule has 37 heavy (non-hydrogen) atoms. The SMILES string of the molecule is C=C(Cl)c1cc(C(C)(C)C)c(O)c2c1C[C@H]1C[C@H]3[C@H](N(C)C)C(O)=C(C(N)=O)C(=O)[C@@]3(O)C(O)=C1C2=O. The van der Waals surface area contributed by atoms with Gasteiger partial charge in [-0.05, 0) is 55.5 Å². The molecule has 0 unspecified atom stereocenters. The summed E-state index contributed by atoms with van der Waals surface area (Å²) < 4.78 is 0. The number of allylic oxidation sites excluding steroid dienone is 1. The van der Waals surface area contributed by atoms with Gasteiger partial charge in [-0.15, -0.1) is 0 Å². The number of halogens is 1. The van der Waals surface area contributed by atoms with E-state index in [4.69, 9.17) is 17.3 Å². The van der Waals surface area contributed by atoms with Gasteiger partial charge in [0.1, 0.15) is 22.8 Å². The van der Waals surface area contributed by atoms with Crippen molar-refractivity contribution in [2.45, 2.75) is 50.7 Å². The van der Waals surface area contributed by atoms with Crippen molar-refractivity contribution in [3.63, 3.8) is 0 Å². The third-order valence-electron chi connectivity index (χ3n) is 7.82. The molecule has 0 spiro atoms. The predicted molar refractivity (Wildman–Crippen MR) is 137 cm³/mol. The zero-order valence-corrected chi connectivity index (χ0v) is 22.1. The van der Waals surface area contributed by atoms with Crippen molar-refractivity contribution in [1.82, 2.24) is 4.90 Å². The fourth-order valence-electron chi connectivity index (χ4n) is 6.13. The molecule has 0 heterocycles. The molecule has 0 bridgehead atoms. The van der Waals surface area contributed by atoms with Crippen LogP contribution in [0.4, 0.5) is 0 Å². The highest BCUT2D eigenvalue weighted by Gasteiger charge is 2.63. The number of aliphatic hydroxyl groups excluding tert-OH is 2. The Balaban J connectivity index is 2.02. The third-order valence-corrected chi connectivity index (χ3v) is 8.03. The van der Waals surface area contributed by atoms with E-state index in [9.17, 15) is 34.8 Å². The summed E-state index contributed by atoms with van der Waals surface area (Å²) in [5.74, 6) is -6.86. The maximum absolute atomic E-state index is 13.9. The number of carbonyl (C=O) groups is 3. The second-order valence-corrected chi connectivity index (χ2v) is 11.7. The molecule has 1 aromatic rings. The van der Waals surface area contributed by atoms with Crippen molar-refractivity contribution in [3.05, 3.63) is 57.6 Å². The number of hydrogen-bond donors (Lipinski definition) is 5. The summed E-state index contributed by atoms with van der Waals surface area (Å²) >= 11 is 6.32. The van der Waals surface area contributed by atoms with Crippen molar-refractivity contribution < 1.29 is 34.8 Å². The summed E-state index contributed by atoms with van der Waals surface area (Å²) in [6, 6.07) is 0.648. The van der Waals surface area contributed by atoms with Gasteiger partial charge in [0.2, 0.25) is 5.78 Å². The Kier molecular flexibility index (Phi) is 6.14. The molecule has 0 saturated carbocycles. The van der Waals surface area contributed by atoms with Crippen LogP contribution in [0.15, 0.2) is 35.3 Å². The van der Waals surface area contributed by atoms with E-state index < -0.39 is 63.5 Å². The molecular weight excluding hydrogens is 500 g/mol. The fourth-order valence-corrected chi connectivity index (χ4v) is 6.30. The van der Waals surface area contributed by atoms with Crippen LogP contribution in [-0.2, 0) is 21.4 Å². The smallest absolute Gasteiger partial charge is 0.255 e. The Morgan fingerprint density at radius 1 is 1.22 bits per heavy atom. The Bertz CT molecular complexity index is 1350. The van der Waals surface area contributed by atoms with Gasteiger partial charge in [-0.25, -0.2) is 0 Å². The number of nitrogens with zero attached hydrogens (tertiary/aromatic N) is 1. The van der Waals surface area contributed by atoms with Crippen molar-refractivity contribution in [3.8, 4) is 5.75 Å². The lowest BCUT2D eigenvalue weighted by molar-refractivity contribution is -0.148. The summed E-state index contributed by atoms with van der Waals surface area (Å²) in [5, 5.41) is 45.3. The minimum atomic E-state index is -2.68. The Labute approximate surface area is 219 Å². The second kappa shape index (κ2) is 8.44.